The van der Waals surface area contributed by atoms with Crippen molar-refractivity contribution < 1.29 is 4.79 Å². The minimum absolute atomic E-state index is 0.0490. The Labute approximate surface area is 131 Å². The summed E-state index contributed by atoms with van der Waals surface area (Å²) in [4.78, 5) is 12.4. The van der Waals surface area contributed by atoms with Gasteiger partial charge in [0.15, 0.2) is 0 Å². The molecule has 2 rings (SSSR count). The summed E-state index contributed by atoms with van der Waals surface area (Å²) in [7, 11) is 1.89. The summed E-state index contributed by atoms with van der Waals surface area (Å²) in [6.45, 7) is 5.81. The number of aromatic nitrogens is 2. The van der Waals surface area contributed by atoms with Gasteiger partial charge in [-0.15, -0.1) is 0 Å². The van der Waals surface area contributed by atoms with E-state index in [9.17, 15) is 4.79 Å². The van der Waals surface area contributed by atoms with E-state index in [1.807, 2.05) is 58.2 Å². The van der Waals surface area contributed by atoms with Crippen molar-refractivity contribution >= 4 is 5.91 Å². The molecular weight excluding hydrogens is 276 g/mol. The molecule has 1 aromatic carbocycles. The van der Waals surface area contributed by atoms with Gasteiger partial charge in [0, 0.05) is 24.3 Å². The van der Waals surface area contributed by atoms with Crippen LogP contribution in [-0.4, -0.2) is 15.7 Å². The molecule has 118 valence electrons. The monoisotopic (exact) mass is 300 g/mol. The molecule has 1 aromatic heterocycles. The third-order valence-corrected chi connectivity index (χ3v) is 4.24. The first-order valence-electron chi connectivity index (χ1n) is 7.51. The van der Waals surface area contributed by atoms with Crippen LogP contribution in [0.15, 0.2) is 36.5 Å². The van der Waals surface area contributed by atoms with Gasteiger partial charge in [-0.05, 0) is 19.4 Å². The number of hydrogen-bond donors (Lipinski definition) is 2. The van der Waals surface area contributed by atoms with Gasteiger partial charge in [0.1, 0.15) is 0 Å². The van der Waals surface area contributed by atoms with E-state index >= 15 is 0 Å². The molecule has 5 nitrogen and oxygen atoms in total. The van der Waals surface area contributed by atoms with Crippen molar-refractivity contribution in [2.75, 3.05) is 0 Å². The Morgan fingerprint density at radius 1 is 1.27 bits per heavy atom. The van der Waals surface area contributed by atoms with Crippen LogP contribution in [0.2, 0.25) is 0 Å². The number of benzene rings is 1. The number of carbonyl (C=O) groups excluding carboxylic acids is 1. The van der Waals surface area contributed by atoms with Gasteiger partial charge in [0.25, 0.3) is 0 Å². The normalized spacial score (nSPS) is 15.1. The van der Waals surface area contributed by atoms with Crippen LogP contribution in [0.5, 0.6) is 0 Å². The number of nitrogens with one attached hydrogen (secondary N) is 1. The number of rotatable bonds is 5. The average molecular weight is 300 g/mol. The molecule has 3 N–H and O–H groups in total. The maximum Gasteiger partial charge on any atom is 0.225 e. The Hall–Kier alpha value is -2.14. The van der Waals surface area contributed by atoms with E-state index in [0.717, 1.165) is 16.8 Å². The molecule has 0 radical (unpaired) electrons. The minimum atomic E-state index is -0.316. The van der Waals surface area contributed by atoms with Crippen molar-refractivity contribution in [2.45, 2.75) is 32.9 Å². The number of amides is 1. The van der Waals surface area contributed by atoms with Gasteiger partial charge in [-0.25, -0.2) is 0 Å². The fourth-order valence-electron chi connectivity index (χ4n) is 2.49. The number of nitrogens with zero attached hydrogens (tertiary/aromatic N) is 2. The van der Waals surface area contributed by atoms with Gasteiger partial charge in [-0.2, -0.15) is 5.10 Å². The van der Waals surface area contributed by atoms with Crippen LogP contribution < -0.4 is 11.1 Å². The molecule has 0 saturated heterocycles. The fraction of sp³-hybridized carbons (Fsp3) is 0.412. The van der Waals surface area contributed by atoms with E-state index in [4.69, 9.17) is 5.73 Å². The van der Waals surface area contributed by atoms with E-state index in [1.165, 1.54) is 0 Å². The first-order valence-corrected chi connectivity index (χ1v) is 7.51. The van der Waals surface area contributed by atoms with Crippen LogP contribution in [0.4, 0.5) is 0 Å². The zero-order valence-corrected chi connectivity index (χ0v) is 13.6. The predicted molar refractivity (Wildman–Crippen MR) is 87.0 cm³/mol. The summed E-state index contributed by atoms with van der Waals surface area (Å²) < 4.78 is 1.80. The van der Waals surface area contributed by atoms with Crippen molar-refractivity contribution in [1.29, 1.82) is 0 Å². The molecule has 3 unspecified atom stereocenters. The topological polar surface area (TPSA) is 72.9 Å². The third-order valence-electron chi connectivity index (χ3n) is 4.24. The van der Waals surface area contributed by atoms with Crippen LogP contribution in [-0.2, 0) is 11.8 Å². The van der Waals surface area contributed by atoms with Gasteiger partial charge < -0.3 is 11.1 Å². The highest BCUT2D eigenvalue weighted by Crippen LogP contribution is 2.21. The van der Waals surface area contributed by atoms with Crippen LogP contribution in [0.3, 0.4) is 0 Å². The van der Waals surface area contributed by atoms with E-state index in [1.54, 1.807) is 10.9 Å². The van der Waals surface area contributed by atoms with E-state index in [0.29, 0.717) is 0 Å². The Morgan fingerprint density at radius 3 is 2.45 bits per heavy atom. The molecule has 0 aliphatic rings. The van der Waals surface area contributed by atoms with Crippen LogP contribution >= 0.6 is 0 Å². The second-order valence-electron chi connectivity index (χ2n) is 5.76. The van der Waals surface area contributed by atoms with Crippen molar-refractivity contribution in [3.05, 3.63) is 53.3 Å². The molecule has 5 heteroatoms. The molecule has 0 aliphatic heterocycles. The third kappa shape index (κ3) is 3.36. The Bertz CT molecular complexity index is 635. The lowest BCUT2D eigenvalue weighted by molar-refractivity contribution is -0.125. The van der Waals surface area contributed by atoms with E-state index in [-0.39, 0.29) is 23.9 Å². The maximum atomic E-state index is 12.4. The number of carbonyl (C=O) groups is 1. The zero-order valence-electron chi connectivity index (χ0n) is 13.6. The van der Waals surface area contributed by atoms with Gasteiger partial charge in [-0.1, -0.05) is 37.3 Å². The molecule has 0 fully saturated rings. The Kier molecular flexibility index (Phi) is 4.98. The highest BCUT2D eigenvalue weighted by atomic mass is 16.1. The Balaban J connectivity index is 2.04. The highest BCUT2D eigenvalue weighted by molar-refractivity contribution is 5.79. The molecular formula is C17H24N4O. The lowest BCUT2D eigenvalue weighted by Crippen LogP contribution is -2.37. The van der Waals surface area contributed by atoms with Crippen molar-refractivity contribution in [3.63, 3.8) is 0 Å². The molecule has 1 heterocycles. The second-order valence-corrected chi connectivity index (χ2v) is 5.76. The van der Waals surface area contributed by atoms with E-state index < -0.39 is 0 Å². The zero-order chi connectivity index (χ0) is 16.3. The lowest BCUT2D eigenvalue weighted by Gasteiger charge is -2.22. The summed E-state index contributed by atoms with van der Waals surface area (Å²) >= 11 is 0. The summed E-state index contributed by atoms with van der Waals surface area (Å²) in [5.41, 5.74) is 9.25. The Morgan fingerprint density at radius 2 is 1.91 bits per heavy atom. The van der Waals surface area contributed by atoms with Crippen LogP contribution in [0.25, 0.3) is 0 Å². The first kappa shape index (κ1) is 16.2. The molecule has 22 heavy (non-hydrogen) atoms. The number of aryl methyl sites for hydroxylation is 1. The van der Waals surface area contributed by atoms with Crippen molar-refractivity contribution in [2.24, 2.45) is 18.7 Å². The SMILES string of the molecule is Cc1c(C(C)NC(=O)C(C)C(N)c2ccccc2)cnn1C. The van der Waals surface area contributed by atoms with Gasteiger partial charge in [-0.3, -0.25) is 9.48 Å². The predicted octanol–water partition coefficient (Wildman–Crippen LogP) is 2.24. The van der Waals surface area contributed by atoms with E-state index in [2.05, 4.69) is 10.4 Å². The summed E-state index contributed by atoms with van der Waals surface area (Å²) in [5.74, 6) is -0.353. The first-order chi connectivity index (χ1) is 10.4. The van der Waals surface area contributed by atoms with Crippen LogP contribution in [0, 0.1) is 12.8 Å². The standard InChI is InChI=1S/C17H24N4O/c1-11(16(18)14-8-6-5-7-9-14)17(22)20-12(2)15-10-19-21(4)13(15)3/h5-12,16H,18H2,1-4H3,(H,20,22). The quantitative estimate of drug-likeness (QED) is 0.889. The summed E-state index contributed by atoms with van der Waals surface area (Å²) in [6, 6.07) is 9.29. The minimum Gasteiger partial charge on any atom is -0.349 e. The lowest BCUT2D eigenvalue weighted by atomic mass is 9.94. The molecule has 3 atom stereocenters. The number of hydrogen-bond acceptors (Lipinski definition) is 3. The molecule has 2 aromatic rings. The van der Waals surface area contributed by atoms with Crippen molar-refractivity contribution in [1.82, 2.24) is 15.1 Å². The van der Waals surface area contributed by atoms with Crippen molar-refractivity contribution in [3.8, 4) is 0 Å². The fourth-order valence-corrected chi connectivity index (χ4v) is 2.49. The second kappa shape index (κ2) is 6.75. The smallest absolute Gasteiger partial charge is 0.225 e. The molecule has 0 spiro atoms. The average Bonchev–Trinajstić information content (AvgIpc) is 2.86. The molecule has 0 bridgehead atoms. The highest BCUT2D eigenvalue weighted by Gasteiger charge is 2.24. The number of nitrogens with two attached hydrogens (primary N) is 1. The van der Waals surface area contributed by atoms with Gasteiger partial charge in [0.2, 0.25) is 5.91 Å². The van der Waals surface area contributed by atoms with Gasteiger partial charge in [0.05, 0.1) is 18.2 Å². The maximum absolute atomic E-state index is 12.4. The molecule has 0 saturated carbocycles. The molecule has 1 amide bonds. The van der Waals surface area contributed by atoms with Gasteiger partial charge >= 0.3 is 0 Å². The van der Waals surface area contributed by atoms with Crippen LogP contribution in [0.1, 0.15) is 42.8 Å². The summed E-state index contributed by atoms with van der Waals surface area (Å²) in [5, 5.41) is 7.24. The largest absolute Gasteiger partial charge is 0.349 e. The summed E-state index contributed by atoms with van der Waals surface area (Å²) in [6.07, 6.45) is 1.79. The molecule has 0 aliphatic carbocycles.